The lowest BCUT2D eigenvalue weighted by Gasteiger charge is -2.20. The summed E-state index contributed by atoms with van der Waals surface area (Å²) in [5.74, 6) is 0. The fourth-order valence-corrected chi connectivity index (χ4v) is 8.04. The number of benzene rings is 10. The van der Waals surface area contributed by atoms with Gasteiger partial charge in [-0.05, 0) is 135 Å². The van der Waals surface area contributed by atoms with Crippen molar-refractivity contribution in [3.63, 3.8) is 0 Å². The van der Waals surface area contributed by atoms with E-state index in [1.165, 1.54) is 98.4 Å². The lowest BCUT2D eigenvalue weighted by Crippen LogP contribution is -1.92. The Kier molecular flexibility index (Phi) is 6.60. The molecule has 0 atom stereocenters. The van der Waals surface area contributed by atoms with Gasteiger partial charge in [-0.2, -0.15) is 0 Å². The number of hydrogen-bond acceptors (Lipinski definition) is 0. The van der Waals surface area contributed by atoms with E-state index in [9.17, 15) is 0 Å². The van der Waals surface area contributed by atoms with Crippen molar-refractivity contribution in [3.8, 4) is 44.5 Å². The monoisotopic (exact) mass is 632 g/mol. The molecule has 0 spiro atoms. The third kappa shape index (κ3) is 4.61. The van der Waals surface area contributed by atoms with E-state index >= 15 is 0 Å². The van der Waals surface area contributed by atoms with Crippen LogP contribution in [0.3, 0.4) is 0 Å². The third-order valence-corrected chi connectivity index (χ3v) is 10.4. The number of fused-ring (bicyclic) bond motifs is 7. The van der Waals surface area contributed by atoms with Gasteiger partial charge in [-0.3, -0.25) is 0 Å². The maximum atomic E-state index is 2.46. The molecule has 0 aliphatic carbocycles. The minimum absolute atomic E-state index is 1.22. The molecule has 0 N–H and O–H groups in total. The van der Waals surface area contributed by atoms with Crippen molar-refractivity contribution in [2.45, 2.75) is 0 Å². The van der Waals surface area contributed by atoms with Crippen molar-refractivity contribution < 1.29 is 0 Å². The molecule has 0 aromatic heterocycles. The van der Waals surface area contributed by atoms with Crippen molar-refractivity contribution in [2.75, 3.05) is 0 Å². The summed E-state index contributed by atoms with van der Waals surface area (Å²) >= 11 is 0. The van der Waals surface area contributed by atoms with Crippen LogP contribution < -0.4 is 0 Å². The van der Waals surface area contributed by atoms with Gasteiger partial charge in [-0.1, -0.05) is 158 Å². The fraction of sp³-hybridized carbons (Fsp3) is 0. The molecule has 0 saturated carbocycles. The van der Waals surface area contributed by atoms with Crippen LogP contribution in [-0.4, -0.2) is 0 Å². The maximum Gasteiger partial charge on any atom is -0.00923 e. The minimum Gasteiger partial charge on any atom is -0.0622 e. The molecule has 10 rings (SSSR count). The van der Waals surface area contributed by atoms with Gasteiger partial charge in [0.05, 0.1) is 0 Å². The minimum atomic E-state index is 1.22. The Labute approximate surface area is 291 Å². The van der Waals surface area contributed by atoms with E-state index in [1.807, 2.05) is 0 Å². The zero-order valence-corrected chi connectivity index (χ0v) is 27.5. The van der Waals surface area contributed by atoms with Gasteiger partial charge in [0.25, 0.3) is 0 Å². The first-order chi connectivity index (χ1) is 24.8. The van der Waals surface area contributed by atoms with Crippen molar-refractivity contribution in [1.29, 1.82) is 0 Å². The largest absolute Gasteiger partial charge is 0.0622 e. The maximum absolute atomic E-state index is 2.46. The lowest BCUT2D eigenvalue weighted by atomic mass is 9.84. The molecule has 232 valence electrons. The lowest BCUT2D eigenvalue weighted by molar-refractivity contribution is 1.62. The molecule has 10 aromatic carbocycles. The van der Waals surface area contributed by atoms with Gasteiger partial charge in [-0.25, -0.2) is 0 Å². The van der Waals surface area contributed by atoms with E-state index in [0.717, 1.165) is 0 Å². The highest BCUT2D eigenvalue weighted by Crippen LogP contribution is 2.46. The van der Waals surface area contributed by atoms with Gasteiger partial charge in [0.15, 0.2) is 0 Å². The van der Waals surface area contributed by atoms with Crippen LogP contribution in [0.2, 0.25) is 0 Å². The third-order valence-electron chi connectivity index (χ3n) is 10.4. The molecule has 0 aliphatic rings. The van der Waals surface area contributed by atoms with E-state index in [4.69, 9.17) is 0 Å². The molecule has 0 heterocycles. The Balaban J connectivity index is 1.32. The SMILES string of the molecule is c1ccc(-c2cc3ccccc3cc2-c2cc3c4ccccc4c(-c4cc5ccccc5cc4-c4ccccc4)cc3c3ccccc23)cc1. The summed E-state index contributed by atoms with van der Waals surface area (Å²) < 4.78 is 0. The second-order valence-electron chi connectivity index (χ2n) is 13.3. The highest BCUT2D eigenvalue weighted by Gasteiger charge is 2.19. The van der Waals surface area contributed by atoms with E-state index < -0.39 is 0 Å². The molecule has 0 radical (unpaired) electrons. The quantitative estimate of drug-likeness (QED) is 0.169. The van der Waals surface area contributed by atoms with Crippen molar-refractivity contribution in [1.82, 2.24) is 0 Å². The summed E-state index contributed by atoms with van der Waals surface area (Å²) in [4.78, 5) is 0. The predicted octanol–water partition coefficient (Wildman–Crippen LogP) is 14.1. The molecule has 50 heavy (non-hydrogen) atoms. The molecule has 0 saturated heterocycles. The van der Waals surface area contributed by atoms with Crippen LogP contribution in [0, 0.1) is 0 Å². The molecular weight excluding hydrogens is 601 g/mol. The van der Waals surface area contributed by atoms with Crippen LogP contribution in [-0.2, 0) is 0 Å². The van der Waals surface area contributed by atoms with Crippen LogP contribution >= 0.6 is 0 Å². The molecule has 0 heteroatoms. The normalized spacial score (nSPS) is 11.6. The molecule has 0 aliphatic heterocycles. The van der Waals surface area contributed by atoms with Crippen LogP contribution in [0.5, 0.6) is 0 Å². The van der Waals surface area contributed by atoms with E-state index in [-0.39, 0.29) is 0 Å². The second kappa shape index (κ2) is 11.6. The zero-order chi connectivity index (χ0) is 33.0. The summed E-state index contributed by atoms with van der Waals surface area (Å²) in [6.07, 6.45) is 0. The standard InChI is InChI=1S/C50H32/c1-3-15-33(16-4-1)43-27-35-19-7-9-21-37(35)29-45(43)47-31-49-42-26-14-12-24-40(42)48(32-50(49)41-25-13-11-23-39(41)47)46-30-38-22-10-8-20-36(38)28-44(46)34-17-5-2-6-18-34/h1-32H. The van der Waals surface area contributed by atoms with Crippen LogP contribution in [0.4, 0.5) is 0 Å². The number of hydrogen-bond donors (Lipinski definition) is 0. The summed E-state index contributed by atoms with van der Waals surface area (Å²) in [5.41, 5.74) is 9.96. The highest BCUT2D eigenvalue weighted by atomic mass is 14.2. The van der Waals surface area contributed by atoms with Gasteiger partial charge in [-0.15, -0.1) is 0 Å². The Hall–Kier alpha value is -6.50. The molecule has 0 bridgehead atoms. The Morgan fingerprint density at radius 3 is 0.860 bits per heavy atom. The van der Waals surface area contributed by atoms with Gasteiger partial charge in [0.1, 0.15) is 0 Å². The topological polar surface area (TPSA) is 0 Å². The molecule has 10 aromatic rings. The van der Waals surface area contributed by atoms with Crippen LogP contribution in [0.1, 0.15) is 0 Å². The average Bonchev–Trinajstić information content (AvgIpc) is 3.20. The first kappa shape index (κ1) is 28.5. The average molecular weight is 633 g/mol. The van der Waals surface area contributed by atoms with Gasteiger partial charge >= 0.3 is 0 Å². The second-order valence-corrected chi connectivity index (χ2v) is 13.3. The van der Waals surface area contributed by atoms with E-state index in [2.05, 4.69) is 194 Å². The van der Waals surface area contributed by atoms with E-state index in [1.54, 1.807) is 0 Å². The Bertz CT molecular complexity index is 2700. The van der Waals surface area contributed by atoms with E-state index in [0.29, 0.717) is 0 Å². The van der Waals surface area contributed by atoms with Gasteiger partial charge < -0.3 is 0 Å². The van der Waals surface area contributed by atoms with Gasteiger partial charge in [0, 0.05) is 0 Å². The summed E-state index contributed by atoms with van der Waals surface area (Å²) in [6, 6.07) is 71.5. The Morgan fingerprint density at radius 1 is 0.180 bits per heavy atom. The molecule has 0 nitrogen and oxygen atoms in total. The van der Waals surface area contributed by atoms with Crippen LogP contribution in [0.25, 0.3) is 98.4 Å². The molecule has 0 amide bonds. The summed E-state index contributed by atoms with van der Waals surface area (Å²) in [5, 5.41) is 12.6. The zero-order valence-electron chi connectivity index (χ0n) is 27.5. The summed E-state index contributed by atoms with van der Waals surface area (Å²) in [6.45, 7) is 0. The van der Waals surface area contributed by atoms with Crippen molar-refractivity contribution >= 4 is 53.9 Å². The molecule has 0 fully saturated rings. The fourth-order valence-electron chi connectivity index (χ4n) is 8.04. The highest BCUT2D eigenvalue weighted by molar-refractivity contribution is 6.25. The first-order valence-corrected chi connectivity index (χ1v) is 17.3. The number of rotatable bonds is 4. The summed E-state index contributed by atoms with van der Waals surface area (Å²) in [7, 11) is 0. The molecular formula is C50H32. The van der Waals surface area contributed by atoms with Gasteiger partial charge in [0.2, 0.25) is 0 Å². The smallest absolute Gasteiger partial charge is 0.00923 e. The first-order valence-electron chi connectivity index (χ1n) is 17.3. The molecule has 0 unspecified atom stereocenters. The van der Waals surface area contributed by atoms with Crippen molar-refractivity contribution in [2.24, 2.45) is 0 Å². The Morgan fingerprint density at radius 2 is 0.480 bits per heavy atom. The predicted molar refractivity (Wildman–Crippen MR) is 216 cm³/mol. The van der Waals surface area contributed by atoms with Crippen LogP contribution in [0.15, 0.2) is 194 Å². The van der Waals surface area contributed by atoms with Crippen molar-refractivity contribution in [3.05, 3.63) is 194 Å².